The Kier molecular flexibility index (Phi) is 4.53. The van der Waals surface area contributed by atoms with E-state index >= 15 is 0 Å². The third kappa shape index (κ3) is 3.06. The van der Waals surface area contributed by atoms with Crippen LogP contribution in [0.4, 0.5) is 0 Å². The van der Waals surface area contributed by atoms with Crippen LogP contribution < -0.4 is 10.5 Å². The van der Waals surface area contributed by atoms with Gasteiger partial charge in [-0.1, -0.05) is 0 Å². The van der Waals surface area contributed by atoms with Gasteiger partial charge in [0.05, 0.1) is 18.3 Å². The summed E-state index contributed by atoms with van der Waals surface area (Å²) in [6.45, 7) is 1.55. The molecule has 170 valence electrons. The number of imidazole rings is 1. The van der Waals surface area contributed by atoms with Gasteiger partial charge in [0, 0.05) is 37.8 Å². The Bertz CT molecular complexity index is 1310. The quantitative estimate of drug-likeness (QED) is 0.652. The normalized spacial score (nSPS) is 23.9. The molecule has 6 rings (SSSR count). The molecule has 3 aromatic rings. The SMILES string of the molecule is COc1cc(C(=O)N2C[C@H]3CC[C@@H]2[C@@H]3N)cc2nc(-c3ccc(C#N)n3CC3CC3)n(C)c12. The van der Waals surface area contributed by atoms with Gasteiger partial charge in [-0.2, -0.15) is 5.26 Å². The second-order valence-electron chi connectivity index (χ2n) is 9.75. The predicted octanol–water partition coefficient (Wildman–Crippen LogP) is 2.89. The number of benzene rings is 1. The highest BCUT2D eigenvalue weighted by atomic mass is 16.5. The summed E-state index contributed by atoms with van der Waals surface area (Å²) in [6.07, 6.45) is 4.48. The highest BCUT2D eigenvalue weighted by Crippen LogP contribution is 2.39. The molecule has 0 unspecified atom stereocenters. The van der Waals surface area contributed by atoms with E-state index in [1.165, 1.54) is 12.8 Å². The number of likely N-dealkylation sites (tertiary alicyclic amines) is 1. The number of methoxy groups -OCH3 is 1. The lowest BCUT2D eigenvalue weighted by Crippen LogP contribution is -2.41. The molecule has 1 aromatic carbocycles. The van der Waals surface area contributed by atoms with E-state index in [-0.39, 0.29) is 18.0 Å². The molecule has 2 aromatic heterocycles. The average molecular weight is 445 g/mol. The minimum atomic E-state index is -0.00562. The molecule has 2 saturated carbocycles. The summed E-state index contributed by atoms with van der Waals surface area (Å²) in [5, 5.41) is 9.60. The number of hydrogen-bond acceptors (Lipinski definition) is 5. The van der Waals surface area contributed by atoms with Crippen LogP contribution in [0.3, 0.4) is 0 Å². The number of aromatic nitrogens is 3. The lowest BCUT2D eigenvalue weighted by atomic mass is 10.1. The standard InChI is InChI=1S/C25H28N6O2/c1-29-23-18(28-24(29)20-8-6-17(11-26)30(20)12-14-3-4-14)9-16(10-21(23)33-2)25(32)31-13-15-5-7-19(31)22(15)27/h6,8-10,14-15,19,22H,3-5,7,12-13,27H2,1-2H3/t15-,19-,22-/m1/s1. The first-order valence-electron chi connectivity index (χ1n) is 11.7. The van der Waals surface area contributed by atoms with Crippen LogP contribution in [0.1, 0.15) is 41.7 Å². The molecule has 8 heteroatoms. The van der Waals surface area contributed by atoms with Gasteiger partial charge in [0.25, 0.3) is 5.91 Å². The van der Waals surface area contributed by atoms with Gasteiger partial charge in [0.15, 0.2) is 5.82 Å². The van der Waals surface area contributed by atoms with Crippen molar-refractivity contribution in [2.45, 2.75) is 44.3 Å². The molecular formula is C25H28N6O2. The van der Waals surface area contributed by atoms with Gasteiger partial charge < -0.3 is 24.5 Å². The van der Waals surface area contributed by atoms with Gasteiger partial charge in [-0.15, -0.1) is 0 Å². The number of carbonyl (C=O) groups excluding carboxylic acids is 1. The minimum absolute atomic E-state index is 0.00562. The highest BCUT2D eigenvalue weighted by Gasteiger charge is 2.47. The Balaban J connectivity index is 1.43. The summed E-state index contributed by atoms with van der Waals surface area (Å²) in [5.41, 5.74) is 10.0. The van der Waals surface area contributed by atoms with Crippen LogP contribution in [-0.4, -0.2) is 50.7 Å². The third-order valence-electron chi connectivity index (χ3n) is 7.78. The maximum absolute atomic E-state index is 13.4. The molecule has 1 aliphatic heterocycles. The Hall–Kier alpha value is -3.31. The van der Waals surface area contributed by atoms with Crippen LogP contribution in [0.2, 0.25) is 0 Å². The Morgan fingerprint density at radius 2 is 2.09 bits per heavy atom. The topological polar surface area (TPSA) is 102 Å². The molecule has 3 heterocycles. The summed E-state index contributed by atoms with van der Waals surface area (Å²) in [6, 6.07) is 10.0. The van der Waals surface area contributed by atoms with Crippen molar-refractivity contribution >= 4 is 16.9 Å². The van der Waals surface area contributed by atoms with Crippen LogP contribution in [0.25, 0.3) is 22.6 Å². The molecule has 1 amide bonds. The number of aryl methyl sites for hydroxylation is 1. The van der Waals surface area contributed by atoms with Crippen molar-refractivity contribution in [1.29, 1.82) is 5.26 Å². The largest absolute Gasteiger partial charge is 0.494 e. The van der Waals surface area contributed by atoms with Crippen LogP contribution in [0.5, 0.6) is 5.75 Å². The van der Waals surface area contributed by atoms with Gasteiger partial charge in [0.1, 0.15) is 23.0 Å². The molecule has 0 spiro atoms. The van der Waals surface area contributed by atoms with Crippen molar-refractivity contribution < 1.29 is 9.53 Å². The van der Waals surface area contributed by atoms with Crippen molar-refractivity contribution in [1.82, 2.24) is 19.0 Å². The lowest BCUT2D eigenvalue weighted by Gasteiger charge is -2.27. The fourth-order valence-corrected chi connectivity index (χ4v) is 5.78. The van der Waals surface area contributed by atoms with Gasteiger partial charge in [-0.3, -0.25) is 4.79 Å². The number of nitrogens with two attached hydrogens (primary N) is 1. The molecule has 2 aliphatic carbocycles. The van der Waals surface area contributed by atoms with Gasteiger partial charge >= 0.3 is 0 Å². The number of fused-ring (bicyclic) bond motifs is 3. The molecule has 1 saturated heterocycles. The smallest absolute Gasteiger partial charge is 0.254 e. The average Bonchev–Trinajstić information content (AvgIpc) is 3.17. The molecule has 2 N–H and O–H groups in total. The van der Waals surface area contributed by atoms with Gasteiger partial charge in [-0.05, 0) is 61.8 Å². The van der Waals surface area contributed by atoms with Crippen molar-refractivity contribution in [2.75, 3.05) is 13.7 Å². The van der Waals surface area contributed by atoms with Crippen LogP contribution in [0, 0.1) is 23.2 Å². The highest BCUT2D eigenvalue weighted by molar-refractivity contribution is 6.00. The van der Waals surface area contributed by atoms with E-state index in [2.05, 4.69) is 10.6 Å². The second-order valence-corrected chi connectivity index (χ2v) is 9.75. The number of piperidine rings is 1. The molecule has 3 fully saturated rings. The number of amides is 1. The number of nitrogens with zero attached hydrogens (tertiary/aromatic N) is 5. The van der Waals surface area contributed by atoms with Gasteiger partial charge in [-0.25, -0.2) is 4.98 Å². The zero-order valence-corrected chi connectivity index (χ0v) is 19.0. The number of hydrogen-bond donors (Lipinski definition) is 1. The van der Waals surface area contributed by atoms with E-state index in [4.69, 9.17) is 15.5 Å². The molecule has 33 heavy (non-hydrogen) atoms. The maximum Gasteiger partial charge on any atom is 0.254 e. The van der Waals surface area contributed by atoms with E-state index in [1.54, 1.807) is 7.11 Å². The van der Waals surface area contributed by atoms with E-state index in [0.717, 1.165) is 43.0 Å². The Labute approximate surface area is 192 Å². The summed E-state index contributed by atoms with van der Waals surface area (Å²) < 4.78 is 9.78. The number of ether oxygens (including phenoxy) is 1. The molecule has 0 radical (unpaired) electrons. The zero-order chi connectivity index (χ0) is 22.9. The van der Waals surface area contributed by atoms with E-state index in [0.29, 0.717) is 34.4 Å². The Morgan fingerprint density at radius 3 is 2.73 bits per heavy atom. The van der Waals surface area contributed by atoms with Crippen molar-refractivity contribution in [3.05, 3.63) is 35.5 Å². The first kappa shape index (κ1) is 20.3. The maximum atomic E-state index is 13.4. The number of carbonyl (C=O) groups is 1. The van der Waals surface area contributed by atoms with E-state index in [9.17, 15) is 10.1 Å². The fraction of sp³-hybridized carbons (Fsp3) is 0.480. The van der Waals surface area contributed by atoms with Crippen molar-refractivity contribution in [3.63, 3.8) is 0 Å². The second kappa shape index (κ2) is 7.35. The molecule has 3 aliphatic rings. The summed E-state index contributed by atoms with van der Waals surface area (Å²) in [5.74, 6) is 2.40. The summed E-state index contributed by atoms with van der Waals surface area (Å²) in [7, 11) is 3.57. The van der Waals surface area contributed by atoms with Crippen LogP contribution in [0.15, 0.2) is 24.3 Å². The van der Waals surface area contributed by atoms with E-state index in [1.807, 2.05) is 40.8 Å². The molecule has 3 atom stereocenters. The number of rotatable bonds is 5. The molecule has 2 bridgehead atoms. The molecular weight excluding hydrogens is 416 g/mol. The Morgan fingerprint density at radius 1 is 1.27 bits per heavy atom. The van der Waals surface area contributed by atoms with Crippen LogP contribution >= 0.6 is 0 Å². The fourth-order valence-electron chi connectivity index (χ4n) is 5.78. The van der Waals surface area contributed by atoms with Crippen LogP contribution in [-0.2, 0) is 13.6 Å². The zero-order valence-electron chi connectivity index (χ0n) is 19.0. The van der Waals surface area contributed by atoms with Gasteiger partial charge in [0.2, 0.25) is 0 Å². The minimum Gasteiger partial charge on any atom is -0.494 e. The van der Waals surface area contributed by atoms with Crippen molar-refractivity contribution in [3.8, 4) is 23.3 Å². The summed E-state index contributed by atoms with van der Waals surface area (Å²) >= 11 is 0. The number of nitriles is 1. The molecule has 8 nitrogen and oxygen atoms in total. The predicted molar refractivity (Wildman–Crippen MR) is 124 cm³/mol. The first-order valence-corrected chi connectivity index (χ1v) is 11.7. The summed E-state index contributed by atoms with van der Waals surface area (Å²) in [4.78, 5) is 20.3. The van der Waals surface area contributed by atoms with E-state index < -0.39 is 0 Å². The third-order valence-corrected chi connectivity index (χ3v) is 7.78. The first-order chi connectivity index (χ1) is 16.0. The van der Waals surface area contributed by atoms with Crippen molar-refractivity contribution in [2.24, 2.45) is 24.6 Å². The lowest BCUT2D eigenvalue weighted by molar-refractivity contribution is 0.0700. The monoisotopic (exact) mass is 444 g/mol.